The maximum atomic E-state index is 13.1. The minimum atomic E-state index is -0.366. The number of aromatic nitrogens is 3. The predicted molar refractivity (Wildman–Crippen MR) is 128 cm³/mol. The van der Waals surface area contributed by atoms with Crippen molar-refractivity contribution in [2.24, 2.45) is 0 Å². The lowest BCUT2D eigenvalue weighted by Crippen LogP contribution is -2.16. The van der Waals surface area contributed by atoms with Gasteiger partial charge < -0.3 is 5.32 Å². The molecule has 1 amide bonds. The first-order valence-electron chi connectivity index (χ1n) is 9.70. The van der Waals surface area contributed by atoms with Crippen molar-refractivity contribution in [1.82, 2.24) is 14.8 Å². The number of hydrogen-bond acceptors (Lipinski definition) is 3. The molecule has 0 atom stereocenters. The summed E-state index contributed by atoms with van der Waals surface area (Å²) in [4.78, 5) is 17.7. The summed E-state index contributed by atoms with van der Waals surface area (Å²) in [5.74, 6) is 0.277. The number of halogens is 2. The maximum Gasteiger partial charge on any atom is 0.295 e. The molecule has 0 bridgehead atoms. The lowest BCUT2D eigenvalue weighted by atomic mass is 10.1. The first-order chi connectivity index (χ1) is 14.8. The SMILES string of the molecule is Cc1ccc(Cl)cc1-n1nc(C(=O)Nc2c(C)cccc2C)nc1-c1ccc(Br)cc1. The van der Waals surface area contributed by atoms with E-state index in [1.54, 1.807) is 4.68 Å². The highest BCUT2D eigenvalue weighted by Crippen LogP contribution is 2.27. The number of carbonyl (C=O) groups is 1. The quantitative estimate of drug-likeness (QED) is 0.350. The Morgan fingerprint density at radius 3 is 2.32 bits per heavy atom. The van der Waals surface area contributed by atoms with Gasteiger partial charge in [0.25, 0.3) is 5.91 Å². The Bertz CT molecular complexity index is 1260. The highest BCUT2D eigenvalue weighted by Gasteiger charge is 2.21. The number of para-hydroxylation sites is 1. The summed E-state index contributed by atoms with van der Waals surface area (Å²) < 4.78 is 2.62. The third-order valence-corrected chi connectivity index (χ3v) is 5.80. The number of carbonyl (C=O) groups excluding carboxylic acids is 1. The number of nitrogens with zero attached hydrogens (tertiary/aromatic N) is 3. The summed E-state index contributed by atoms with van der Waals surface area (Å²) in [6.45, 7) is 5.88. The normalized spacial score (nSPS) is 10.9. The monoisotopic (exact) mass is 494 g/mol. The molecule has 0 unspecified atom stereocenters. The second-order valence-corrected chi connectivity index (χ2v) is 8.68. The summed E-state index contributed by atoms with van der Waals surface area (Å²) in [5.41, 5.74) is 5.30. The van der Waals surface area contributed by atoms with Gasteiger partial charge in [0.15, 0.2) is 5.82 Å². The van der Waals surface area contributed by atoms with E-state index >= 15 is 0 Å². The molecule has 0 aliphatic carbocycles. The molecule has 31 heavy (non-hydrogen) atoms. The highest BCUT2D eigenvalue weighted by atomic mass is 79.9. The third-order valence-electron chi connectivity index (χ3n) is 5.03. The van der Waals surface area contributed by atoms with Crippen molar-refractivity contribution in [2.75, 3.05) is 5.32 Å². The van der Waals surface area contributed by atoms with Crippen LogP contribution in [0.1, 0.15) is 27.3 Å². The largest absolute Gasteiger partial charge is 0.319 e. The zero-order valence-electron chi connectivity index (χ0n) is 17.3. The van der Waals surface area contributed by atoms with E-state index in [9.17, 15) is 4.79 Å². The van der Waals surface area contributed by atoms with E-state index in [4.69, 9.17) is 11.6 Å². The van der Waals surface area contributed by atoms with Gasteiger partial charge in [-0.25, -0.2) is 9.67 Å². The first kappa shape index (κ1) is 21.3. The van der Waals surface area contributed by atoms with Gasteiger partial charge in [-0.3, -0.25) is 4.79 Å². The summed E-state index contributed by atoms with van der Waals surface area (Å²) in [6.07, 6.45) is 0. The highest BCUT2D eigenvalue weighted by molar-refractivity contribution is 9.10. The van der Waals surface area contributed by atoms with E-state index in [1.807, 2.05) is 81.4 Å². The Morgan fingerprint density at radius 2 is 1.65 bits per heavy atom. The van der Waals surface area contributed by atoms with Gasteiger partial charge in [0.05, 0.1) is 5.69 Å². The summed E-state index contributed by atoms with van der Waals surface area (Å²) in [7, 11) is 0. The van der Waals surface area contributed by atoms with Crippen LogP contribution in [0, 0.1) is 20.8 Å². The van der Waals surface area contributed by atoms with Crippen LogP contribution in [-0.2, 0) is 0 Å². The van der Waals surface area contributed by atoms with Gasteiger partial charge in [0.2, 0.25) is 5.82 Å². The minimum absolute atomic E-state index is 0.0833. The van der Waals surface area contributed by atoms with Crippen LogP contribution in [0.15, 0.2) is 65.1 Å². The van der Waals surface area contributed by atoms with Crippen LogP contribution in [0.25, 0.3) is 17.1 Å². The topological polar surface area (TPSA) is 59.8 Å². The van der Waals surface area contributed by atoms with Gasteiger partial charge in [-0.2, -0.15) is 0 Å². The van der Waals surface area contributed by atoms with Gasteiger partial charge in [-0.15, -0.1) is 5.10 Å². The molecule has 0 radical (unpaired) electrons. The number of benzene rings is 3. The zero-order valence-corrected chi connectivity index (χ0v) is 19.6. The van der Waals surface area contributed by atoms with Crippen molar-refractivity contribution >= 4 is 39.1 Å². The van der Waals surface area contributed by atoms with E-state index < -0.39 is 0 Å². The van der Waals surface area contributed by atoms with E-state index in [1.165, 1.54) is 0 Å². The van der Waals surface area contributed by atoms with Crippen LogP contribution in [-0.4, -0.2) is 20.7 Å². The molecule has 0 saturated carbocycles. The molecule has 0 spiro atoms. The summed E-state index contributed by atoms with van der Waals surface area (Å²) in [6, 6.07) is 19.1. The van der Waals surface area contributed by atoms with Crippen LogP contribution in [0.5, 0.6) is 0 Å². The smallest absolute Gasteiger partial charge is 0.295 e. The van der Waals surface area contributed by atoms with Crippen molar-refractivity contribution in [1.29, 1.82) is 0 Å². The van der Waals surface area contributed by atoms with Gasteiger partial charge in [0.1, 0.15) is 0 Å². The van der Waals surface area contributed by atoms with Crippen molar-refractivity contribution in [3.63, 3.8) is 0 Å². The molecule has 1 heterocycles. The van der Waals surface area contributed by atoms with E-state index in [0.717, 1.165) is 38.1 Å². The average molecular weight is 496 g/mol. The van der Waals surface area contributed by atoms with Crippen molar-refractivity contribution in [3.8, 4) is 17.1 Å². The van der Waals surface area contributed by atoms with E-state index in [-0.39, 0.29) is 11.7 Å². The third kappa shape index (κ3) is 4.40. The molecule has 1 N–H and O–H groups in total. The molecule has 5 nitrogen and oxygen atoms in total. The fourth-order valence-corrected chi connectivity index (χ4v) is 3.78. The van der Waals surface area contributed by atoms with Crippen LogP contribution >= 0.6 is 27.5 Å². The van der Waals surface area contributed by atoms with Gasteiger partial charge >= 0.3 is 0 Å². The van der Waals surface area contributed by atoms with Gasteiger partial charge in [-0.05, 0) is 61.7 Å². The maximum absolute atomic E-state index is 13.1. The minimum Gasteiger partial charge on any atom is -0.319 e. The molecule has 4 aromatic rings. The van der Waals surface area contributed by atoms with Crippen LogP contribution < -0.4 is 5.32 Å². The van der Waals surface area contributed by atoms with Gasteiger partial charge in [0, 0.05) is 20.7 Å². The van der Waals surface area contributed by atoms with Crippen LogP contribution in [0.3, 0.4) is 0 Å². The standard InChI is InChI=1S/C24H20BrClN4O/c1-14-7-12-19(26)13-20(14)30-23(17-8-10-18(25)11-9-17)28-22(29-30)24(31)27-21-15(2)5-4-6-16(21)3/h4-13H,1-3H3,(H,27,31). The second-order valence-electron chi connectivity index (χ2n) is 7.33. The second kappa shape index (κ2) is 8.65. The van der Waals surface area contributed by atoms with Crippen LogP contribution in [0.4, 0.5) is 5.69 Å². The van der Waals surface area contributed by atoms with Crippen molar-refractivity contribution in [2.45, 2.75) is 20.8 Å². The van der Waals surface area contributed by atoms with Gasteiger partial charge in [-0.1, -0.05) is 63.9 Å². The van der Waals surface area contributed by atoms with Crippen molar-refractivity contribution < 1.29 is 4.79 Å². The molecule has 0 aliphatic heterocycles. The molecule has 3 aromatic carbocycles. The predicted octanol–water partition coefficient (Wildman–Crippen LogP) is 6.53. The Morgan fingerprint density at radius 1 is 0.968 bits per heavy atom. The molecule has 0 fully saturated rings. The Labute approximate surface area is 194 Å². The number of nitrogens with one attached hydrogen (secondary N) is 1. The fourth-order valence-electron chi connectivity index (χ4n) is 3.35. The lowest BCUT2D eigenvalue weighted by molar-refractivity contribution is 0.101. The Balaban J connectivity index is 1.82. The average Bonchev–Trinajstić information content (AvgIpc) is 3.18. The number of hydrogen-bond donors (Lipinski definition) is 1. The Kier molecular flexibility index (Phi) is 5.94. The first-order valence-corrected chi connectivity index (χ1v) is 10.9. The molecule has 7 heteroatoms. The van der Waals surface area contributed by atoms with Crippen molar-refractivity contribution in [3.05, 3.63) is 92.7 Å². The summed E-state index contributed by atoms with van der Waals surface area (Å²) >= 11 is 9.71. The molecular weight excluding hydrogens is 476 g/mol. The molecule has 1 aromatic heterocycles. The van der Waals surface area contributed by atoms with E-state index in [2.05, 4.69) is 31.3 Å². The molecular formula is C24H20BrClN4O. The zero-order chi connectivity index (χ0) is 22.1. The number of aryl methyl sites for hydroxylation is 3. The molecule has 156 valence electrons. The number of anilines is 1. The summed E-state index contributed by atoms with van der Waals surface area (Å²) in [5, 5.41) is 8.11. The van der Waals surface area contributed by atoms with Crippen LogP contribution in [0.2, 0.25) is 5.02 Å². The fraction of sp³-hybridized carbons (Fsp3) is 0.125. The lowest BCUT2D eigenvalue weighted by Gasteiger charge is -2.10. The molecule has 4 rings (SSSR count). The van der Waals surface area contributed by atoms with E-state index in [0.29, 0.717) is 10.8 Å². The number of rotatable bonds is 4. The number of amides is 1. The molecule has 0 saturated heterocycles. The molecule has 0 aliphatic rings. The Hall–Kier alpha value is -2.96.